The maximum atomic E-state index is 12.3. The van der Waals surface area contributed by atoms with Gasteiger partial charge in [-0.1, -0.05) is 30.7 Å². The van der Waals surface area contributed by atoms with Crippen molar-refractivity contribution < 1.29 is 4.79 Å². The highest BCUT2D eigenvalue weighted by atomic mass is 35.5. The van der Waals surface area contributed by atoms with E-state index >= 15 is 0 Å². The molecular weight excluding hydrogens is 292 g/mol. The Bertz CT molecular complexity index is 483. The van der Waals surface area contributed by atoms with E-state index in [2.05, 4.69) is 18.5 Å². The van der Waals surface area contributed by atoms with Crippen molar-refractivity contribution in [1.82, 2.24) is 10.2 Å². The third-order valence-electron chi connectivity index (χ3n) is 3.50. The number of benzene rings is 1. The van der Waals surface area contributed by atoms with Gasteiger partial charge in [-0.15, -0.1) is 0 Å². The Hall–Kier alpha value is -0.710. The minimum absolute atomic E-state index is 0.0690. The van der Waals surface area contributed by atoms with Crippen LogP contribution < -0.4 is 5.32 Å². The predicted octanol–water partition coefficient (Wildman–Crippen LogP) is 3.16. The van der Waals surface area contributed by atoms with E-state index in [-0.39, 0.29) is 18.1 Å². The molecule has 1 N–H and O–H groups in total. The molecule has 20 heavy (non-hydrogen) atoms. The molecule has 0 radical (unpaired) electrons. The number of carbonyl (C=O) groups is 1. The second-order valence-corrected chi connectivity index (χ2v) is 6.74. The van der Waals surface area contributed by atoms with Gasteiger partial charge >= 0.3 is 0 Å². The van der Waals surface area contributed by atoms with Crippen LogP contribution in [0.25, 0.3) is 0 Å². The molecule has 2 rings (SSSR count). The number of hydrogen-bond donors (Lipinski definition) is 1. The number of nitrogens with zero attached hydrogens (tertiary/aromatic N) is 1. The van der Waals surface area contributed by atoms with Crippen LogP contribution in [0.15, 0.2) is 24.3 Å². The SMILES string of the molecule is CSCC(C)CN1C(=O)C(C)NC1c1cccc(Cl)c1. The molecule has 1 aromatic rings. The predicted molar refractivity (Wildman–Crippen MR) is 86.0 cm³/mol. The van der Waals surface area contributed by atoms with Gasteiger partial charge in [-0.05, 0) is 42.5 Å². The molecule has 1 fully saturated rings. The van der Waals surface area contributed by atoms with E-state index < -0.39 is 0 Å². The van der Waals surface area contributed by atoms with Gasteiger partial charge in [0, 0.05) is 11.6 Å². The lowest BCUT2D eigenvalue weighted by molar-refractivity contribution is -0.130. The Labute approximate surface area is 130 Å². The van der Waals surface area contributed by atoms with E-state index in [0.717, 1.165) is 17.9 Å². The summed E-state index contributed by atoms with van der Waals surface area (Å²) in [6, 6.07) is 7.58. The van der Waals surface area contributed by atoms with Crippen molar-refractivity contribution in [3.8, 4) is 0 Å². The van der Waals surface area contributed by atoms with Crippen molar-refractivity contribution in [1.29, 1.82) is 0 Å². The number of carbonyl (C=O) groups excluding carboxylic acids is 1. The number of rotatable bonds is 5. The maximum absolute atomic E-state index is 12.3. The first-order valence-corrected chi connectivity index (χ1v) is 8.61. The first-order valence-electron chi connectivity index (χ1n) is 6.84. The molecule has 110 valence electrons. The fourth-order valence-corrected chi connectivity index (χ4v) is 3.47. The zero-order chi connectivity index (χ0) is 14.7. The highest BCUT2D eigenvalue weighted by molar-refractivity contribution is 7.98. The Morgan fingerprint density at radius 1 is 1.50 bits per heavy atom. The van der Waals surface area contributed by atoms with Crippen LogP contribution in [0, 0.1) is 5.92 Å². The summed E-state index contributed by atoms with van der Waals surface area (Å²) >= 11 is 7.88. The van der Waals surface area contributed by atoms with Gasteiger partial charge in [-0.2, -0.15) is 11.8 Å². The Balaban J connectivity index is 2.19. The van der Waals surface area contributed by atoms with Crippen molar-refractivity contribution in [2.24, 2.45) is 5.92 Å². The van der Waals surface area contributed by atoms with Crippen molar-refractivity contribution in [2.45, 2.75) is 26.1 Å². The first kappa shape index (κ1) is 15.7. The van der Waals surface area contributed by atoms with Crippen LogP contribution >= 0.6 is 23.4 Å². The topological polar surface area (TPSA) is 32.3 Å². The standard InChI is InChI=1S/C15H21ClN2OS/c1-10(9-20-3)8-18-14(17-11(2)15(18)19)12-5-4-6-13(16)7-12/h4-7,10-11,14,17H,8-9H2,1-3H3. The summed E-state index contributed by atoms with van der Waals surface area (Å²) in [5, 5.41) is 4.06. The molecule has 3 atom stereocenters. The third-order valence-corrected chi connectivity index (χ3v) is 4.63. The highest BCUT2D eigenvalue weighted by Gasteiger charge is 2.37. The second-order valence-electron chi connectivity index (χ2n) is 5.40. The molecule has 1 saturated heterocycles. The normalized spacial score (nSPS) is 24.2. The van der Waals surface area contributed by atoms with E-state index in [4.69, 9.17) is 11.6 Å². The van der Waals surface area contributed by atoms with E-state index in [0.29, 0.717) is 10.9 Å². The Morgan fingerprint density at radius 3 is 2.90 bits per heavy atom. The van der Waals surface area contributed by atoms with Crippen LogP contribution in [0.4, 0.5) is 0 Å². The van der Waals surface area contributed by atoms with Crippen molar-refractivity contribution in [3.05, 3.63) is 34.9 Å². The van der Waals surface area contributed by atoms with Gasteiger partial charge < -0.3 is 4.90 Å². The zero-order valence-corrected chi connectivity index (χ0v) is 13.7. The summed E-state index contributed by atoms with van der Waals surface area (Å²) in [6.07, 6.45) is 2.03. The minimum Gasteiger partial charge on any atom is -0.321 e. The van der Waals surface area contributed by atoms with Crippen LogP contribution in [0.3, 0.4) is 0 Å². The molecular formula is C15H21ClN2OS. The van der Waals surface area contributed by atoms with Crippen LogP contribution in [0.5, 0.6) is 0 Å². The number of amides is 1. The van der Waals surface area contributed by atoms with E-state index in [1.165, 1.54) is 0 Å². The van der Waals surface area contributed by atoms with Gasteiger partial charge in [-0.3, -0.25) is 10.1 Å². The van der Waals surface area contributed by atoms with E-state index in [1.807, 2.05) is 47.9 Å². The average molecular weight is 313 g/mol. The van der Waals surface area contributed by atoms with Crippen LogP contribution in [0.1, 0.15) is 25.6 Å². The maximum Gasteiger partial charge on any atom is 0.241 e. The van der Waals surface area contributed by atoms with Crippen LogP contribution in [-0.4, -0.2) is 35.4 Å². The zero-order valence-electron chi connectivity index (χ0n) is 12.1. The monoisotopic (exact) mass is 312 g/mol. The fraction of sp³-hybridized carbons (Fsp3) is 0.533. The molecule has 5 heteroatoms. The third kappa shape index (κ3) is 3.48. The lowest BCUT2D eigenvalue weighted by atomic mass is 10.1. The first-order chi connectivity index (χ1) is 9.52. The van der Waals surface area contributed by atoms with E-state index in [9.17, 15) is 4.79 Å². The highest BCUT2D eigenvalue weighted by Crippen LogP contribution is 2.28. The van der Waals surface area contributed by atoms with Crippen LogP contribution in [0.2, 0.25) is 5.02 Å². The summed E-state index contributed by atoms with van der Waals surface area (Å²) in [4.78, 5) is 14.3. The molecule has 1 aliphatic heterocycles. The molecule has 3 unspecified atom stereocenters. The summed E-state index contributed by atoms with van der Waals surface area (Å²) in [5.74, 6) is 1.70. The Kier molecular flexibility index (Phi) is 5.35. The van der Waals surface area contributed by atoms with Gasteiger partial charge in [0.15, 0.2) is 0 Å². The van der Waals surface area contributed by atoms with Crippen molar-refractivity contribution in [3.63, 3.8) is 0 Å². The van der Waals surface area contributed by atoms with Crippen molar-refractivity contribution in [2.75, 3.05) is 18.6 Å². The number of nitrogens with one attached hydrogen (secondary N) is 1. The molecule has 0 aromatic heterocycles. The number of halogens is 1. The summed E-state index contributed by atoms with van der Waals surface area (Å²) in [6.45, 7) is 4.87. The van der Waals surface area contributed by atoms with Gasteiger partial charge in [0.05, 0.1) is 6.04 Å². The Morgan fingerprint density at radius 2 is 2.25 bits per heavy atom. The summed E-state index contributed by atoms with van der Waals surface area (Å²) in [5.41, 5.74) is 1.05. The lowest BCUT2D eigenvalue weighted by Crippen LogP contribution is -2.35. The molecule has 1 aliphatic rings. The molecule has 1 heterocycles. The van der Waals surface area contributed by atoms with Crippen LogP contribution in [-0.2, 0) is 4.79 Å². The summed E-state index contributed by atoms with van der Waals surface area (Å²) < 4.78 is 0. The molecule has 0 saturated carbocycles. The van der Waals surface area contributed by atoms with Crippen molar-refractivity contribution >= 4 is 29.3 Å². The molecule has 1 amide bonds. The van der Waals surface area contributed by atoms with Gasteiger partial charge in [0.2, 0.25) is 5.91 Å². The van der Waals surface area contributed by atoms with Gasteiger partial charge in [-0.25, -0.2) is 0 Å². The minimum atomic E-state index is -0.138. The summed E-state index contributed by atoms with van der Waals surface area (Å²) in [7, 11) is 0. The van der Waals surface area contributed by atoms with E-state index in [1.54, 1.807) is 0 Å². The quantitative estimate of drug-likeness (QED) is 0.906. The molecule has 0 spiro atoms. The molecule has 3 nitrogen and oxygen atoms in total. The molecule has 1 aromatic carbocycles. The smallest absolute Gasteiger partial charge is 0.241 e. The average Bonchev–Trinajstić information content (AvgIpc) is 2.67. The number of hydrogen-bond acceptors (Lipinski definition) is 3. The number of thioether (sulfide) groups is 1. The lowest BCUT2D eigenvalue weighted by Gasteiger charge is -2.27. The second kappa shape index (κ2) is 6.83. The molecule has 0 bridgehead atoms. The van der Waals surface area contributed by atoms with Gasteiger partial charge in [0.25, 0.3) is 0 Å². The fourth-order valence-electron chi connectivity index (χ4n) is 2.60. The molecule has 0 aliphatic carbocycles. The largest absolute Gasteiger partial charge is 0.321 e. The van der Waals surface area contributed by atoms with Gasteiger partial charge in [0.1, 0.15) is 6.17 Å².